The van der Waals surface area contributed by atoms with E-state index in [0.29, 0.717) is 13.2 Å². The van der Waals surface area contributed by atoms with Crippen LogP contribution in [0.3, 0.4) is 0 Å². The fourth-order valence-corrected chi connectivity index (χ4v) is 1.78. The van der Waals surface area contributed by atoms with Gasteiger partial charge in [0.25, 0.3) is 0 Å². The van der Waals surface area contributed by atoms with Gasteiger partial charge in [0.15, 0.2) is 0 Å². The first-order chi connectivity index (χ1) is 8.69. The minimum absolute atomic E-state index is 0.671. The zero-order chi connectivity index (χ0) is 13.0. The summed E-state index contributed by atoms with van der Waals surface area (Å²) in [5.74, 6) is 0.857. The molecule has 0 aromatic carbocycles. The van der Waals surface area contributed by atoms with Gasteiger partial charge in [-0.25, -0.2) is 4.98 Å². The largest absolute Gasteiger partial charge is 0.383 e. The van der Waals surface area contributed by atoms with Gasteiger partial charge in [0.2, 0.25) is 5.95 Å². The SMILES string of the molecule is COCCn1cc(C)nc1NCc1ccn(C)n1. The number of nitrogens with one attached hydrogen (secondary N) is 1. The van der Waals surface area contributed by atoms with Gasteiger partial charge in [-0.15, -0.1) is 0 Å². The molecule has 0 aliphatic rings. The predicted octanol–water partition coefficient (Wildman–Crippen LogP) is 1.18. The van der Waals surface area contributed by atoms with Crippen molar-refractivity contribution in [2.45, 2.75) is 20.0 Å². The summed E-state index contributed by atoms with van der Waals surface area (Å²) < 4.78 is 8.93. The van der Waals surface area contributed by atoms with Crippen molar-refractivity contribution < 1.29 is 4.74 Å². The number of rotatable bonds is 6. The molecule has 0 aliphatic carbocycles. The Morgan fingerprint density at radius 2 is 2.28 bits per heavy atom. The maximum Gasteiger partial charge on any atom is 0.203 e. The molecule has 18 heavy (non-hydrogen) atoms. The van der Waals surface area contributed by atoms with Crippen LogP contribution in [0.2, 0.25) is 0 Å². The molecule has 1 N–H and O–H groups in total. The van der Waals surface area contributed by atoms with Gasteiger partial charge in [0.1, 0.15) is 0 Å². The second-order valence-corrected chi connectivity index (χ2v) is 4.23. The molecule has 0 unspecified atom stereocenters. The predicted molar refractivity (Wildman–Crippen MR) is 69.4 cm³/mol. The fraction of sp³-hybridized carbons (Fsp3) is 0.500. The van der Waals surface area contributed by atoms with E-state index in [1.165, 1.54) is 0 Å². The maximum absolute atomic E-state index is 5.08. The highest BCUT2D eigenvalue weighted by atomic mass is 16.5. The lowest BCUT2D eigenvalue weighted by Gasteiger charge is -2.08. The molecule has 0 spiro atoms. The van der Waals surface area contributed by atoms with Crippen LogP contribution in [0.5, 0.6) is 0 Å². The van der Waals surface area contributed by atoms with Crippen LogP contribution in [0.15, 0.2) is 18.5 Å². The van der Waals surface area contributed by atoms with Crippen molar-refractivity contribution in [1.29, 1.82) is 0 Å². The molecule has 0 bridgehead atoms. The van der Waals surface area contributed by atoms with Crippen LogP contribution in [0.25, 0.3) is 0 Å². The summed E-state index contributed by atoms with van der Waals surface area (Å²) in [6.45, 7) is 4.12. The van der Waals surface area contributed by atoms with E-state index in [1.54, 1.807) is 11.8 Å². The van der Waals surface area contributed by atoms with Crippen LogP contribution >= 0.6 is 0 Å². The first-order valence-electron chi connectivity index (χ1n) is 5.94. The Balaban J connectivity index is 1.99. The third-order valence-corrected chi connectivity index (χ3v) is 2.63. The summed E-state index contributed by atoms with van der Waals surface area (Å²) >= 11 is 0. The summed E-state index contributed by atoms with van der Waals surface area (Å²) in [7, 11) is 3.61. The number of aromatic nitrogens is 4. The van der Waals surface area contributed by atoms with Gasteiger partial charge < -0.3 is 14.6 Å². The molecule has 6 heteroatoms. The zero-order valence-electron chi connectivity index (χ0n) is 11.1. The third kappa shape index (κ3) is 3.10. The molecule has 0 atom stereocenters. The molecule has 0 aliphatic heterocycles. The van der Waals surface area contributed by atoms with Gasteiger partial charge in [0.05, 0.1) is 24.5 Å². The third-order valence-electron chi connectivity index (χ3n) is 2.63. The molecule has 2 aromatic rings. The highest BCUT2D eigenvalue weighted by Crippen LogP contribution is 2.09. The summed E-state index contributed by atoms with van der Waals surface area (Å²) in [6, 6.07) is 1.99. The number of anilines is 1. The average Bonchev–Trinajstić information content (AvgIpc) is 2.90. The average molecular weight is 249 g/mol. The van der Waals surface area contributed by atoms with E-state index in [1.807, 2.05) is 32.4 Å². The quantitative estimate of drug-likeness (QED) is 0.835. The highest BCUT2D eigenvalue weighted by Gasteiger charge is 2.05. The lowest BCUT2D eigenvalue weighted by Crippen LogP contribution is -2.10. The van der Waals surface area contributed by atoms with Crippen LogP contribution < -0.4 is 5.32 Å². The molecule has 0 amide bonds. The Morgan fingerprint density at radius 1 is 1.44 bits per heavy atom. The monoisotopic (exact) mass is 249 g/mol. The minimum atomic E-state index is 0.671. The van der Waals surface area contributed by atoms with Gasteiger partial charge in [-0.3, -0.25) is 4.68 Å². The molecule has 6 nitrogen and oxygen atoms in total. The van der Waals surface area contributed by atoms with E-state index in [4.69, 9.17) is 4.74 Å². The summed E-state index contributed by atoms with van der Waals surface area (Å²) in [5.41, 5.74) is 1.99. The minimum Gasteiger partial charge on any atom is -0.383 e. The van der Waals surface area contributed by atoms with Gasteiger partial charge in [0, 0.05) is 33.1 Å². The first kappa shape index (κ1) is 12.6. The molecule has 0 saturated carbocycles. The number of hydrogen-bond donors (Lipinski definition) is 1. The van der Waals surface area contributed by atoms with E-state index in [-0.39, 0.29) is 0 Å². The van der Waals surface area contributed by atoms with Crippen LogP contribution in [0.1, 0.15) is 11.4 Å². The van der Waals surface area contributed by atoms with Gasteiger partial charge >= 0.3 is 0 Å². The molecule has 2 aromatic heterocycles. The van der Waals surface area contributed by atoms with Crippen molar-refractivity contribution in [2.75, 3.05) is 19.0 Å². The van der Waals surface area contributed by atoms with E-state index in [0.717, 1.165) is 23.9 Å². The molecule has 2 rings (SSSR count). The number of nitrogens with zero attached hydrogens (tertiary/aromatic N) is 4. The summed E-state index contributed by atoms with van der Waals surface area (Å²) in [6.07, 6.45) is 3.94. The van der Waals surface area contributed by atoms with Crippen molar-refractivity contribution >= 4 is 5.95 Å². The number of ether oxygens (including phenoxy) is 1. The van der Waals surface area contributed by atoms with Crippen molar-refractivity contribution in [3.05, 3.63) is 29.8 Å². The molecule has 2 heterocycles. The zero-order valence-corrected chi connectivity index (χ0v) is 11.1. The van der Waals surface area contributed by atoms with Crippen molar-refractivity contribution in [2.24, 2.45) is 7.05 Å². The van der Waals surface area contributed by atoms with Crippen LogP contribution in [-0.2, 0) is 24.9 Å². The Hall–Kier alpha value is -1.82. The molecule has 0 fully saturated rings. The van der Waals surface area contributed by atoms with Crippen molar-refractivity contribution in [3.63, 3.8) is 0 Å². The molecule has 98 valence electrons. The van der Waals surface area contributed by atoms with E-state index in [9.17, 15) is 0 Å². The number of methoxy groups -OCH3 is 1. The highest BCUT2D eigenvalue weighted by molar-refractivity contribution is 5.29. The number of hydrogen-bond acceptors (Lipinski definition) is 4. The van der Waals surface area contributed by atoms with Gasteiger partial charge in [-0.2, -0.15) is 5.10 Å². The van der Waals surface area contributed by atoms with E-state index < -0.39 is 0 Å². The number of aryl methyl sites for hydroxylation is 2. The fourth-order valence-electron chi connectivity index (χ4n) is 1.78. The van der Waals surface area contributed by atoms with Crippen LogP contribution in [-0.4, -0.2) is 33.0 Å². The smallest absolute Gasteiger partial charge is 0.203 e. The summed E-state index contributed by atoms with van der Waals surface area (Å²) in [5, 5.41) is 7.61. The Bertz CT molecular complexity index is 502. The molecular weight excluding hydrogens is 230 g/mol. The molecule has 0 saturated heterocycles. The standard InChI is InChI=1S/C12H19N5O/c1-10-9-17(6-7-18-3)12(14-10)13-8-11-4-5-16(2)15-11/h4-5,9H,6-8H2,1-3H3,(H,13,14). The van der Waals surface area contributed by atoms with Crippen molar-refractivity contribution in [1.82, 2.24) is 19.3 Å². The van der Waals surface area contributed by atoms with Gasteiger partial charge in [-0.1, -0.05) is 0 Å². The normalized spacial score (nSPS) is 10.8. The number of imidazole rings is 1. The summed E-state index contributed by atoms with van der Waals surface area (Å²) in [4.78, 5) is 4.45. The lowest BCUT2D eigenvalue weighted by molar-refractivity contribution is 0.187. The molecule has 0 radical (unpaired) electrons. The second-order valence-electron chi connectivity index (χ2n) is 4.23. The lowest BCUT2D eigenvalue weighted by atomic mass is 10.4. The Kier molecular flexibility index (Phi) is 3.99. The van der Waals surface area contributed by atoms with Crippen LogP contribution in [0.4, 0.5) is 5.95 Å². The topological polar surface area (TPSA) is 56.9 Å². The Labute approximate surface area is 107 Å². The van der Waals surface area contributed by atoms with Gasteiger partial charge in [-0.05, 0) is 13.0 Å². The van der Waals surface area contributed by atoms with Crippen LogP contribution in [0, 0.1) is 6.92 Å². The first-order valence-corrected chi connectivity index (χ1v) is 5.94. The second kappa shape index (κ2) is 5.68. The molecular formula is C12H19N5O. The van der Waals surface area contributed by atoms with E-state index in [2.05, 4.69) is 20.0 Å². The van der Waals surface area contributed by atoms with E-state index >= 15 is 0 Å². The Morgan fingerprint density at radius 3 is 2.94 bits per heavy atom. The van der Waals surface area contributed by atoms with Crippen molar-refractivity contribution in [3.8, 4) is 0 Å². The maximum atomic E-state index is 5.08.